The predicted octanol–water partition coefficient (Wildman–Crippen LogP) is -3.21. The molecule has 1 saturated heterocycles. The smallest absolute Gasteiger partial charge is 0.0250 e. The lowest BCUT2D eigenvalue weighted by Gasteiger charge is -2.58. The van der Waals surface area contributed by atoms with Crippen molar-refractivity contribution in [2.75, 3.05) is 21.1 Å². The molecule has 1 rings (SSSR count). The molecule has 0 spiro atoms. The van der Waals surface area contributed by atoms with Crippen molar-refractivity contribution in [1.82, 2.24) is 14.2 Å². The molecular formula is C3H15B3N3-3. The van der Waals surface area contributed by atoms with E-state index in [1.54, 1.807) is 0 Å². The van der Waals surface area contributed by atoms with Gasteiger partial charge in [0.15, 0.2) is 0 Å². The van der Waals surface area contributed by atoms with Gasteiger partial charge in [0.25, 0.3) is 0 Å². The molecule has 0 aromatic rings. The quantitative estimate of drug-likeness (QED) is 0.316. The second kappa shape index (κ2) is 2.77. The Hall–Kier alpha value is 0.0748. The maximum Gasteiger partial charge on any atom is 0.0250 e. The van der Waals surface area contributed by atoms with E-state index in [0.717, 1.165) is 0 Å². The summed E-state index contributed by atoms with van der Waals surface area (Å²) in [6.45, 7) is 0. The second-order valence-corrected chi connectivity index (χ2v) is 4.62. The molecular weight excluding hydrogens is 110 g/mol. The Morgan fingerprint density at radius 3 is 1.11 bits per heavy atom. The molecule has 1 aliphatic heterocycles. The third kappa shape index (κ3) is 2.04. The van der Waals surface area contributed by atoms with Crippen LogP contribution in [0.1, 0.15) is 0 Å². The van der Waals surface area contributed by atoms with Crippen LogP contribution >= 0.6 is 0 Å². The minimum Gasteiger partial charge on any atom is -0.646 e. The molecule has 0 aromatic carbocycles. The van der Waals surface area contributed by atoms with Gasteiger partial charge in [-0.05, 0) is 0 Å². The zero-order valence-corrected chi connectivity index (χ0v) is 7.34. The molecule has 0 atom stereocenters. The van der Waals surface area contributed by atoms with Crippen LogP contribution in [0.4, 0.5) is 0 Å². The molecule has 9 heavy (non-hydrogen) atoms. The van der Waals surface area contributed by atoms with Crippen LogP contribution in [0.3, 0.4) is 0 Å². The van der Waals surface area contributed by atoms with Gasteiger partial charge in [-0.25, -0.2) is 0 Å². The fourth-order valence-electron chi connectivity index (χ4n) is 2.67. The first-order valence-corrected chi connectivity index (χ1v) is 4.02. The Morgan fingerprint density at radius 1 is 0.667 bits per heavy atom. The summed E-state index contributed by atoms with van der Waals surface area (Å²) in [5, 5.41) is 0. The maximum absolute atomic E-state index is 2.56. The summed E-state index contributed by atoms with van der Waals surface area (Å²) in [6, 6.07) is 0. The minimum atomic E-state index is 0.175. The third-order valence-electron chi connectivity index (χ3n) is 2.40. The molecule has 0 amide bonds. The van der Waals surface area contributed by atoms with Gasteiger partial charge in [-0.2, -0.15) is 0 Å². The molecule has 1 heterocycles. The van der Waals surface area contributed by atoms with E-state index in [2.05, 4.69) is 35.3 Å². The largest absolute Gasteiger partial charge is 0.646 e. The monoisotopic (exact) mass is 126 g/mol. The summed E-state index contributed by atoms with van der Waals surface area (Å²) in [5.41, 5.74) is 0. The van der Waals surface area contributed by atoms with E-state index in [1.165, 1.54) is 0 Å². The first-order chi connectivity index (χ1) is 4.18. The zero-order chi connectivity index (χ0) is 6.85. The first kappa shape index (κ1) is 7.19. The zero-order valence-electron chi connectivity index (χ0n) is 7.34. The number of hydrogen-bond donors (Lipinski definition) is 0. The van der Waals surface area contributed by atoms with Crippen LogP contribution < -0.4 is 0 Å². The predicted molar refractivity (Wildman–Crippen MR) is 48.9 cm³/mol. The Bertz CT molecular complexity index is 75.3. The van der Waals surface area contributed by atoms with Gasteiger partial charge in [-0.3, -0.25) is 0 Å². The van der Waals surface area contributed by atoms with Gasteiger partial charge in [0.1, 0.15) is 0 Å². The van der Waals surface area contributed by atoms with Crippen molar-refractivity contribution in [3.8, 4) is 0 Å². The molecule has 3 nitrogen and oxygen atoms in total. The standard InChI is InChI=1S/C3H15B3N3/c1-7-4-8(2)6-9(3)5-7/h4-6H2,1-3H3/q-3. The highest BCUT2D eigenvalue weighted by molar-refractivity contribution is 6.64. The van der Waals surface area contributed by atoms with Crippen LogP contribution in [-0.2, 0) is 0 Å². The van der Waals surface area contributed by atoms with Crippen LogP contribution in [0.25, 0.3) is 0 Å². The lowest BCUT2D eigenvalue weighted by atomic mass is 9.76. The fourth-order valence-corrected chi connectivity index (χ4v) is 2.67. The summed E-state index contributed by atoms with van der Waals surface area (Å²) in [7, 11) is 7.31. The summed E-state index contributed by atoms with van der Waals surface area (Å²) >= 11 is 0. The van der Waals surface area contributed by atoms with E-state index in [4.69, 9.17) is 0 Å². The number of nitrogens with zero attached hydrogens (tertiary/aromatic N) is 3. The Kier molecular flexibility index (Phi) is 2.21. The minimum absolute atomic E-state index is 0.175. The lowest BCUT2D eigenvalue weighted by Crippen LogP contribution is -2.57. The SMILES string of the molecule is CN1[BH2-]N(C)[BH2-]N(C)[BH2-]1. The van der Waals surface area contributed by atoms with Crippen molar-refractivity contribution in [2.24, 2.45) is 0 Å². The van der Waals surface area contributed by atoms with Crippen molar-refractivity contribution < 1.29 is 0 Å². The topological polar surface area (TPSA) is 9.72 Å². The highest BCUT2D eigenvalue weighted by Crippen LogP contribution is 1.91. The molecule has 0 saturated carbocycles. The van der Waals surface area contributed by atoms with Crippen LogP contribution in [0.2, 0.25) is 0 Å². The van der Waals surface area contributed by atoms with Crippen LogP contribution in [0, 0.1) is 0 Å². The van der Waals surface area contributed by atoms with Gasteiger partial charge in [-0.1, -0.05) is 21.1 Å². The van der Waals surface area contributed by atoms with Gasteiger partial charge in [0, 0.05) is 22.6 Å². The van der Waals surface area contributed by atoms with E-state index < -0.39 is 0 Å². The Balaban J connectivity index is 2.34. The third-order valence-corrected chi connectivity index (χ3v) is 2.40. The Morgan fingerprint density at radius 2 is 0.889 bits per heavy atom. The molecule has 0 aromatic heterocycles. The van der Waals surface area contributed by atoms with Crippen molar-refractivity contribution in [3.63, 3.8) is 0 Å². The Labute approximate surface area is 58.8 Å². The molecule has 6 heteroatoms. The number of hydrogen-bond acceptors (Lipinski definition) is 3. The molecule has 1 aliphatic rings. The van der Waals surface area contributed by atoms with Crippen LogP contribution in [0.15, 0.2) is 0 Å². The van der Waals surface area contributed by atoms with Crippen molar-refractivity contribution in [1.29, 1.82) is 0 Å². The summed E-state index contributed by atoms with van der Waals surface area (Å²) in [6.07, 6.45) is 0. The van der Waals surface area contributed by atoms with E-state index >= 15 is 0 Å². The first-order valence-electron chi connectivity index (χ1n) is 4.02. The molecule has 0 bridgehead atoms. The van der Waals surface area contributed by atoms with E-state index in [1.807, 2.05) is 0 Å². The van der Waals surface area contributed by atoms with Crippen LogP contribution in [0.5, 0.6) is 0 Å². The molecule has 0 N–H and O–H groups in total. The van der Waals surface area contributed by atoms with Gasteiger partial charge in [0.2, 0.25) is 0 Å². The lowest BCUT2D eigenvalue weighted by molar-refractivity contribution is 0.600. The summed E-state index contributed by atoms with van der Waals surface area (Å²) in [5.74, 6) is 0. The summed E-state index contributed by atoms with van der Waals surface area (Å²) in [4.78, 5) is 0. The van der Waals surface area contributed by atoms with E-state index in [-0.39, 0.29) is 22.6 Å². The van der Waals surface area contributed by atoms with Gasteiger partial charge < -0.3 is 14.2 Å². The van der Waals surface area contributed by atoms with Gasteiger partial charge in [-0.15, -0.1) is 0 Å². The average molecular weight is 126 g/mol. The van der Waals surface area contributed by atoms with Crippen molar-refractivity contribution >= 4 is 22.6 Å². The van der Waals surface area contributed by atoms with Gasteiger partial charge >= 0.3 is 0 Å². The molecule has 0 aliphatic carbocycles. The average Bonchev–Trinajstić information content (AvgIpc) is 1.59. The number of rotatable bonds is 0. The maximum atomic E-state index is 2.56. The molecule has 0 radical (unpaired) electrons. The van der Waals surface area contributed by atoms with Gasteiger partial charge in [0.05, 0.1) is 0 Å². The molecule has 54 valence electrons. The highest BCUT2D eigenvalue weighted by Gasteiger charge is 1.94. The van der Waals surface area contributed by atoms with E-state index in [9.17, 15) is 0 Å². The molecule has 0 unspecified atom stereocenters. The van der Waals surface area contributed by atoms with Crippen molar-refractivity contribution in [3.05, 3.63) is 0 Å². The van der Waals surface area contributed by atoms with Crippen molar-refractivity contribution in [2.45, 2.75) is 0 Å². The molecule has 1 fully saturated rings. The summed E-state index contributed by atoms with van der Waals surface area (Å²) < 4.78 is 7.69. The normalized spacial score (nSPS) is 27.0. The van der Waals surface area contributed by atoms with E-state index in [0.29, 0.717) is 0 Å². The fraction of sp³-hybridized carbons (Fsp3) is 1.00. The van der Waals surface area contributed by atoms with Crippen LogP contribution in [-0.4, -0.2) is 58.0 Å². The highest BCUT2D eigenvalue weighted by atomic mass is 15.2. The second-order valence-electron chi connectivity index (χ2n) is 4.62.